The minimum Gasteiger partial charge on any atom is -0.388 e. The highest BCUT2D eigenvalue weighted by atomic mass is 79.9. The third-order valence-corrected chi connectivity index (χ3v) is 4.16. The van der Waals surface area contributed by atoms with Gasteiger partial charge in [-0.05, 0) is 40.5 Å². The normalized spacial score (nSPS) is 13.2. The summed E-state index contributed by atoms with van der Waals surface area (Å²) in [6.07, 6.45) is 1.67. The maximum Gasteiger partial charge on any atom is 0.0818 e. The Morgan fingerprint density at radius 3 is 2.28 bits per heavy atom. The molecule has 0 fully saturated rings. The Bertz CT molecular complexity index is 532. The highest BCUT2D eigenvalue weighted by Gasteiger charge is 2.17. The van der Waals surface area contributed by atoms with Crippen LogP contribution in [0.4, 0.5) is 0 Å². The van der Waals surface area contributed by atoms with Crippen molar-refractivity contribution in [2.45, 2.75) is 32.8 Å². The molecule has 2 heteroatoms. The van der Waals surface area contributed by atoms with Crippen molar-refractivity contribution in [3.8, 4) is 0 Å². The van der Waals surface area contributed by atoms with E-state index in [1.54, 1.807) is 0 Å². The van der Waals surface area contributed by atoms with E-state index in [2.05, 4.69) is 54.0 Å². The Kier molecular flexibility index (Phi) is 4.41. The van der Waals surface area contributed by atoms with E-state index in [0.717, 1.165) is 22.9 Å². The molecule has 96 valence electrons. The van der Waals surface area contributed by atoms with E-state index in [9.17, 15) is 5.11 Å². The first-order valence-electron chi connectivity index (χ1n) is 6.53. The molecule has 1 atom stereocenters. The molecule has 0 aliphatic rings. The van der Waals surface area contributed by atoms with Gasteiger partial charge in [0.1, 0.15) is 0 Å². The molecule has 2 rings (SSSR count). The van der Waals surface area contributed by atoms with E-state index in [0.29, 0.717) is 5.92 Å². The van der Waals surface area contributed by atoms with Crippen LogP contribution < -0.4 is 0 Å². The smallest absolute Gasteiger partial charge is 0.0818 e. The fraction of sp³-hybridized carbons (Fsp3) is 0.375. The van der Waals surface area contributed by atoms with E-state index in [1.165, 1.54) is 10.8 Å². The number of fused-ring (bicyclic) bond motifs is 1. The van der Waals surface area contributed by atoms with Crippen molar-refractivity contribution >= 4 is 26.7 Å². The molecule has 0 saturated carbocycles. The van der Waals surface area contributed by atoms with E-state index in [1.807, 2.05) is 12.1 Å². The number of aliphatic hydroxyl groups excluding tert-OH is 1. The van der Waals surface area contributed by atoms with Crippen LogP contribution in [0.5, 0.6) is 0 Å². The van der Waals surface area contributed by atoms with Crippen LogP contribution in [0.3, 0.4) is 0 Å². The van der Waals surface area contributed by atoms with Gasteiger partial charge in [-0.15, -0.1) is 0 Å². The lowest BCUT2D eigenvalue weighted by Gasteiger charge is -2.20. The quantitative estimate of drug-likeness (QED) is 0.836. The highest BCUT2D eigenvalue weighted by Crippen LogP contribution is 2.30. The zero-order valence-electron chi connectivity index (χ0n) is 10.9. The molecule has 1 nitrogen and oxygen atoms in total. The molecule has 0 aliphatic heterocycles. The topological polar surface area (TPSA) is 20.2 Å². The second-order valence-corrected chi connectivity index (χ2v) is 5.69. The van der Waals surface area contributed by atoms with Crippen molar-refractivity contribution < 1.29 is 5.11 Å². The largest absolute Gasteiger partial charge is 0.388 e. The molecule has 2 aromatic carbocycles. The Hall–Kier alpha value is -0.860. The van der Waals surface area contributed by atoms with Crippen LogP contribution in [0.2, 0.25) is 0 Å². The number of rotatable bonds is 4. The van der Waals surface area contributed by atoms with Crippen molar-refractivity contribution in [3.05, 3.63) is 46.4 Å². The summed E-state index contributed by atoms with van der Waals surface area (Å²) in [4.78, 5) is 0. The maximum atomic E-state index is 10.4. The van der Waals surface area contributed by atoms with E-state index < -0.39 is 0 Å². The lowest BCUT2D eigenvalue weighted by molar-refractivity contribution is 0.103. The Balaban J connectivity index is 2.37. The summed E-state index contributed by atoms with van der Waals surface area (Å²) in [5, 5.41) is 12.8. The van der Waals surface area contributed by atoms with Crippen molar-refractivity contribution in [2.24, 2.45) is 5.92 Å². The van der Waals surface area contributed by atoms with Gasteiger partial charge in [-0.2, -0.15) is 0 Å². The molecule has 18 heavy (non-hydrogen) atoms. The third-order valence-electron chi connectivity index (χ3n) is 3.66. The molecule has 0 aliphatic carbocycles. The van der Waals surface area contributed by atoms with Crippen LogP contribution in [-0.4, -0.2) is 5.11 Å². The van der Waals surface area contributed by atoms with E-state index in [-0.39, 0.29) is 6.10 Å². The van der Waals surface area contributed by atoms with Gasteiger partial charge in [0, 0.05) is 4.47 Å². The minimum absolute atomic E-state index is 0.345. The van der Waals surface area contributed by atoms with Crippen LogP contribution in [0.1, 0.15) is 38.4 Å². The van der Waals surface area contributed by atoms with Gasteiger partial charge >= 0.3 is 0 Å². The average Bonchev–Trinajstić information content (AvgIpc) is 2.39. The van der Waals surface area contributed by atoms with Gasteiger partial charge in [0.25, 0.3) is 0 Å². The van der Waals surface area contributed by atoms with Gasteiger partial charge in [-0.25, -0.2) is 0 Å². The molecule has 1 unspecified atom stereocenters. The minimum atomic E-state index is -0.354. The lowest BCUT2D eigenvalue weighted by Crippen LogP contribution is -2.10. The molecular weight excluding hydrogens is 288 g/mol. The summed E-state index contributed by atoms with van der Waals surface area (Å²) in [7, 11) is 0. The first kappa shape index (κ1) is 13.6. The molecule has 2 aromatic rings. The van der Waals surface area contributed by atoms with Crippen LogP contribution in [0.25, 0.3) is 10.8 Å². The summed E-state index contributed by atoms with van der Waals surface area (Å²) in [5.74, 6) is 0.345. The van der Waals surface area contributed by atoms with Gasteiger partial charge in [0.05, 0.1) is 6.10 Å². The number of halogens is 1. The van der Waals surface area contributed by atoms with Crippen LogP contribution in [0.15, 0.2) is 40.9 Å². The molecule has 1 N–H and O–H groups in total. The molecule has 0 heterocycles. The standard InChI is InChI=1S/C16H19BrO/c1-3-11(4-2)16(18)14-6-5-13-10-15(17)8-7-12(13)9-14/h5-11,16,18H,3-4H2,1-2H3. The zero-order valence-corrected chi connectivity index (χ0v) is 12.4. The monoisotopic (exact) mass is 306 g/mol. The lowest BCUT2D eigenvalue weighted by atomic mass is 9.90. The van der Waals surface area contributed by atoms with Gasteiger partial charge in [-0.3, -0.25) is 0 Å². The summed E-state index contributed by atoms with van der Waals surface area (Å²) in [6, 6.07) is 12.4. The fourth-order valence-corrected chi connectivity index (χ4v) is 2.81. The van der Waals surface area contributed by atoms with Crippen LogP contribution in [0, 0.1) is 5.92 Å². The third kappa shape index (κ3) is 2.76. The number of hydrogen-bond acceptors (Lipinski definition) is 1. The van der Waals surface area contributed by atoms with Gasteiger partial charge in [-0.1, -0.05) is 60.8 Å². The van der Waals surface area contributed by atoms with Crippen molar-refractivity contribution in [2.75, 3.05) is 0 Å². The fourth-order valence-electron chi connectivity index (χ4n) is 2.43. The SMILES string of the molecule is CCC(CC)C(O)c1ccc2cc(Br)ccc2c1. The van der Waals surface area contributed by atoms with E-state index >= 15 is 0 Å². The predicted molar refractivity (Wildman–Crippen MR) is 80.7 cm³/mol. The number of benzene rings is 2. The second-order valence-electron chi connectivity index (χ2n) is 4.77. The van der Waals surface area contributed by atoms with Gasteiger partial charge < -0.3 is 5.11 Å². The van der Waals surface area contributed by atoms with Gasteiger partial charge in [0.2, 0.25) is 0 Å². The molecule has 0 saturated heterocycles. The molecule has 0 bridgehead atoms. The zero-order chi connectivity index (χ0) is 13.1. The first-order valence-corrected chi connectivity index (χ1v) is 7.32. The first-order chi connectivity index (χ1) is 8.65. The Morgan fingerprint density at radius 1 is 1.00 bits per heavy atom. The Labute approximate surface area is 117 Å². The summed E-state index contributed by atoms with van der Waals surface area (Å²) in [6.45, 7) is 4.27. The van der Waals surface area contributed by atoms with Crippen LogP contribution in [-0.2, 0) is 0 Å². The molecule has 0 aromatic heterocycles. The van der Waals surface area contributed by atoms with Crippen molar-refractivity contribution in [3.63, 3.8) is 0 Å². The number of hydrogen-bond donors (Lipinski definition) is 1. The molecule has 0 radical (unpaired) electrons. The maximum absolute atomic E-state index is 10.4. The Morgan fingerprint density at radius 2 is 1.61 bits per heavy atom. The van der Waals surface area contributed by atoms with E-state index in [4.69, 9.17) is 0 Å². The van der Waals surface area contributed by atoms with Gasteiger partial charge in [0.15, 0.2) is 0 Å². The molecule has 0 amide bonds. The highest BCUT2D eigenvalue weighted by molar-refractivity contribution is 9.10. The van der Waals surface area contributed by atoms with Crippen molar-refractivity contribution in [1.82, 2.24) is 0 Å². The molecule has 0 spiro atoms. The molecular formula is C16H19BrO. The average molecular weight is 307 g/mol. The predicted octanol–water partition coefficient (Wildman–Crippen LogP) is 5.07. The summed E-state index contributed by atoms with van der Waals surface area (Å²) >= 11 is 3.48. The number of aliphatic hydroxyl groups is 1. The second kappa shape index (κ2) is 5.85. The van der Waals surface area contributed by atoms with Crippen LogP contribution >= 0.6 is 15.9 Å². The van der Waals surface area contributed by atoms with Crippen molar-refractivity contribution in [1.29, 1.82) is 0 Å². The summed E-state index contributed by atoms with van der Waals surface area (Å²) < 4.78 is 1.09. The summed E-state index contributed by atoms with van der Waals surface area (Å²) in [5.41, 5.74) is 1.03.